The average Bonchev–Trinajstić information content (AvgIpc) is 2.38. The first-order valence-corrected chi connectivity index (χ1v) is 11.6. The van der Waals surface area contributed by atoms with Crippen molar-refractivity contribution in [3.05, 3.63) is 24.3 Å². The van der Waals surface area contributed by atoms with E-state index in [4.69, 9.17) is 0 Å². The maximum atomic E-state index is 3.21. The van der Waals surface area contributed by atoms with Gasteiger partial charge in [0.2, 0.25) is 0 Å². The van der Waals surface area contributed by atoms with Gasteiger partial charge < -0.3 is 0 Å². The van der Waals surface area contributed by atoms with E-state index < -0.39 is 0 Å². The van der Waals surface area contributed by atoms with Gasteiger partial charge in [-0.15, -0.1) is 0 Å². The Morgan fingerprint density at radius 2 is 0.433 bits per heavy atom. The Balaban J connectivity index is -0.000000364. The lowest BCUT2D eigenvalue weighted by Gasteiger charge is -2.17. The topological polar surface area (TPSA) is 0 Å². The Labute approximate surface area is 193 Å². The standard InChI is InChI=1S/2C10H20.C10H18/c3*1-9(2,3)7-8-10(4,5)6/h2*7-8H,1-6H3;1-6H3/b8-7+;8-7-;. The molecule has 30 heavy (non-hydrogen) atoms. The second kappa shape index (κ2) is 12.2. The molecule has 0 bridgehead atoms. The maximum absolute atomic E-state index is 3.21. The fourth-order valence-corrected chi connectivity index (χ4v) is 1.38. The van der Waals surface area contributed by atoms with Crippen LogP contribution in [0.25, 0.3) is 0 Å². The summed E-state index contributed by atoms with van der Waals surface area (Å²) >= 11 is 0. The van der Waals surface area contributed by atoms with Crippen LogP contribution in [0.3, 0.4) is 0 Å². The molecule has 0 radical (unpaired) electrons. The van der Waals surface area contributed by atoms with Gasteiger partial charge in [-0.3, -0.25) is 0 Å². The molecule has 0 aromatic rings. The van der Waals surface area contributed by atoms with Gasteiger partial charge in [0.05, 0.1) is 0 Å². The number of hydrogen-bond donors (Lipinski definition) is 0. The van der Waals surface area contributed by atoms with Crippen molar-refractivity contribution in [2.75, 3.05) is 0 Å². The Morgan fingerprint density at radius 3 is 0.500 bits per heavy atom. The summed E-state index contributed by atoms with van der Waals surface area (Å²) in [5, 5.41) is 0. The van der Waals surface area contributed by atoms with Crippen LogP contribution in [0.15, 0.2) is 24.3 Å². The van der Waals surface area contributed by atoms with Crippen LogP contribution in [0.5, 0.6) is 0 Å². The summed E-state index contributed by atoms with van der Waals surface area (Å²) in [5.41, 5.74) is 1.60. The zero-order valence-electron chi connectivity index (χ0n) is 24.3. The van der Waals surface area contributed by atoms with Crippen LogP contribution >= 0.6 is 0 Å². The normalized spacial score (nSPS) is 13.8. The monoisotopic (exact) mass is 418 g/mol. The average molecular weight is 419 g/mol. The zero-order chi connectivity index (χ0) is 25.2. The van der Waals surface area contributed by atoms with E-state index >= 15 is 0 Å². The Kier molecular flexibility index (Phi) is 13.7. The lowest BCUT2D eigenvalue weighted by atomic mass is 9.89. The van der Waals surface area contributed by atoms with E-state index in [0.717, 1.165) is 0 Å². The highest BCUT2D eigenvalue weighted by Gasteiger charge is 2.10. The van der Waals surface area contributed by atoms with Crippen LogP contribution in [0, 0.1) is 44.3 Å². The lowest BCUT2D eigenvalue weighted by Crippen LogP contribution is -2.05. The quantitative estimate of drug-likeness (QED) is 0.271. The second-order valence-electron chi connectivity index (χ2n) is 14.9. The molecule has 0 N–H and O–H groups in total. The molecular weight excluding hydrogens is 360 g/mol. The molecule has 0 aromatic heterocycles. The van der Waals surface area contributed by atoms with E-state index in [0.29, 0.717) is 21.7 Å². The van der Waals surface area contributed by atoms with Crippen LogP contribution < -0.4 is 0 Å². The van der Waals surface area contributed by atoms with Gasteiger partial charge in [0.1, 0.15) is 0 Å². The highest BCUT2D eigenvalue weighted by molar-refractivity contribution is 5.12. The summed E-state index contributed by atoms with van der Waals surface area (Å²) in [5.74, 6) is 6.42. The van der Waals surface area contributed by atoms with Gasteiger partial charge in [0.15, 0.2) is 0 Å². The van der Waals surface area contributed by atoms with Crippen LogP contribution in [0.1, 0.15) is 125 Å². The van der Waals surface area contributed by atoms with E-state index in [2.05, 4.69) is 161 Å². The summed E-state index contributed by atoms with van der Waals surface area (Å²) < 4.78 is 0. The molecule has 0 unspecified atom stereocenters. The molecule has 0 aliphatic rings. The number of allylic oxidation sites excluding steroid dienone is 4. The minimum absolute atomic E-state index is 0.146. The third-order valence-electron chi connectivity index (χ3n) is 2.98. The van der Waals surface area contributed by atoms with Crippen molar-refractivity contribution < 1.29 is 0 Å². The minimum atomic E-state index is 0.146. The second-order valence-corrected chi connectivity index (χ2v) is 14.9. The molecule has 0 spiro atoms. The summed E-state index contributed by atoms with van der Waals surface area (Å²) in [7, 11) is 0. The first-order valence-electron chi connectivity index (χ1n) is 11.6. The Bertz CT molecular complexity index is 473. The van der Waals surface area contributed by atoms with Crippen molar-refractivity contribution in [3.63, 3.8) is 0 Å². The zero-order valence-corrected chi connectivity index (χ0v) is 24.3. The van der Waals surface area contributed by atoms with Gasteiger partial charge in [0, 0.05) is 10.8 Å². The largest absolute Gasteiger partial charge is 0.0968 e. The molecule has 0 nitrogen and oxygen atoms in total. The maximum Gasteiger partial charge on any atom is 0.0230 e. The summed E-state index contributed by atoms with van der Waals surface area (Å²) in [6.07, 6.45) is 9.08. The lowest BCUT2D eigenvalue weighted by molar-refractivity contribution is 0.502. The van der Waals surface area contributed by atoms with Gasteiger partial charge in [-0.2, -0.15) is 0 Å². The Morgan fingerprint density at radius 1 is 0.300 bits per heavy atom. The fraction of sp³-hybridized carbons (Fsp3) is 0.800. The molecule has 0 heterocycles. The molecule has 0 rings (SSSR count). The molecule has 0 atom stereocenters. The van der Waals surface area contributed by atoms with Crippen molar-refractivity contribution in [2.45, 2.75) is 125 Å². The SMILES string of the molecule is CC(C)(C)/C=C/C(C)(C)C.CC(C)(C)/C=C\C(C)(C)C.CC(C)(C)C#CC(C)(C)C. The van der Waals surface area contributed by atoms with E-state index in [-0.39, 0.29) is 10.8 Å². The van der Waals surface area contributed by atoms with Gasteiger partial charge in [-0.05, 0) is 63.2 Å². The van der Waals surface area contributed by atoms with Crippen molar-refractivity contribution in [3.8, 4) is 11.8 Å². The van der Waals surface area contributed by atoms with Crippen LogP contribution in [0.2, 0.25) is 0 Å². The molecule has 0 fully saturated rings. The van der Waals surface area contributed by atoms with Crippen LogP contribution in [-0.2, 0) is 0 Å². The van der Waals surface area contributed by atoms with E-state index in [1.54, 1.807) is 0 Å². The molecule has 178 valence electrons. The fourth-order valence-electron chi connectivity index (χ4n) is 1.38. The summed E-state index contributed by atoms with van der Waals surface area (Å²) in [6.45, 7) is 39.4. The van der Waals surface area contributed by atoms with Gasteiger partial charge in [-0.25, -0.2) is 0 Å². The van der Waals surface area contributed by atoms with E-state index in [1.807, 2.05) is 0 Å². The number of hydrogen-bond acceptors (Lipinski definition) is 0. The van der Waals surface area contributed by atoms with Gasteiger partial charge >= 0.3 is 0 Å². The van der Waals surface area contributed by atoms with Crippen molar-refractivity contribution in [2.24, 2.45) is 32.5 Å². The first-order chi connectivity index (χ1) is 12.6. The molecule has 0 aliphatic carbocycles. The predicted molar refractivity (Wildman–Crippen MR) is 143 cm³/mol. The molecule has 0 heteroatoms. The van der Waals surface area contributed by atoms with E-state index in [1.165, 1.54) is 0 Å². The molecule has 0 amide bonds. The molecular formula is C30H58. The highest BCUT2D eigenvalue weighted by Crippen LogP contribution is 2.22. The third-order valence-corrected chi connectivity index (χ3v) is 2.98. The van der Waals surface area contributed by atoms with Gasteiger partial charge in [-0.1, -0.05) is 119 Å². The van der Waals surface area contributed by atoms with Crippen molar-refractivity contribution >= 4 is 0 Å². The Hall–Kier alpha value is -0.960. The summed E-state index contributed by atoms with van der Waals surface area (Å²) in [6, 6.07) is 0. The molecule has 0 aromatic carbocycles. The van der Waals surface area contributed by atoms with Crippen LogP contribution in [0.4, 0.5) is 0 Å². The molecule has 0 saturated carbocycles. The van der Waals surface area contributed by atoms with Gasteiger partial charge in [0.25, 0.3) is 0 Å². The number of rotatable bonds is 0. The van der Waals surface area contributed by atoms with Crippen LogP contribution in [-0.4, -0.2) is 0 Å². The smallest absolute Gasteiger partial charge is 0.0230 e. The predicted octanol–water partition coefficient (Wildman–Crippen LogP) is 10.4. The minimum Gasteiger partial charge on any atom is -0.0968 e. The third kappa shape index (κ3) is 45.7. The van der Waals surface area contributed by atoms with Crippen molar-refractivity contribution in [1.29, 1.82) is 0 Å². The van der Waals surface area contributed by atoms with E-state index in [9.17, 15) is 0 Å². The highest BCUT2D eigenvalue weighted by atomic mass is 14.2. The van der Waals surface area contributed by atoms with Crippen molar-refractivity contribution in [1.82, 2.24) is 0 Å². The summed E-state index contributed by atoms with van der Waals surface area (Å²) in [4.78, 5) is 0. The molecule has 0 aliphatic heterocycles. The first kappa shape index (κ1) is 33.7. The molecule has 0 saturated heterocycles.